The first kappa shape index (κ1) is 11.6. The Hall–Kier alpha value is -1.51. The minimum Gasteiger partial charge on any atom is -0.469 e. The SMILES string of the molecule is C=CCCCC(CC(N)=O)c1ccco1. The standard InChI is InChI=1S/C12H17NO2/c1-2-3-4-6-10(9-12(13)14)11-7-5-8-15-11/h2,5,7-8,10H,1,3-4,6,9H2,(H2,13,14). The molecule has 1 heterocycles. The van der Waals surface area contributed by atoms with Crippen molar-refractivity contribution in [2.75, 3.05) is 0 Å². The third kappa shape index (κ3) is 4.02. The van der Waals surface area contributed by atoms with Crippen LogP contribution in [0, 0.1) is 0 Å². The van der Waals surface area contributed by atoms with Gasteiger partial charge in [-0.05, 0) is 31.4 Å². The Labute approximate surface area is 90.0 Å². The van der Waals surface area contributed by atoms with Gasteiger partial charge in [-0.3, -0.25) is 4.79 Å². The van der Waals surface area contributed by atoms with Gasteiger partial charge >= 0.3 is 0 Å². The van der Waals surface area contributed by atoms with Crippen LogP contribution in [-0.2, 0) is 4.79 Å². The smallest absolute Gasteiger partial charge is 0.218 e. The Morgan fingerprint density at radius 1 is 1.67 bits per heavy atom. The van der Waals surface area contributed by atoms with Crippen LogP contribution in [0.3, 0.4) is 0 Å². The number of hydrogen-bond donors (Lipinski definition) is 1. The molecule has 3 nitrogen and oxygen atoms in total. The first-order valence-electron chi connectivity index (χ1n) is 5.16. The van der Waals surface area contributed by atoms with Crippen LogP contribution in [-0.4, -0.2) is 5.91 Å². The van der Waals surface area contributed by atoms with Crippen LogP contribution in [0.2, 0.25) is 0 Å². The molecule has 2 N–H and O–H groups in total. The molecule has 0 aliphatic carbocycles. The molecule has 0 saturated carbocycles. The van der Waals surface area contributed by atoms with Gasteiger partial charge in [-0.1, -0.05) is 6.08 Å². The summed E-state index contributed by atoms with van der Waals surface area (Å²) in [6, 6.07) is 3.72. The molecule has 1 amide bonds. The van der Waals surface area contributed by atoms with E-state index in [1.165, 1.54) is 0 Å². The second-order valence-electron chi connectivity index (χ2n) is 3.60. The number of allylic oxidation sites excluding steroid dienone is 1. The third-order valence-electron chi connectivity index (χ3n) is 2.35. The van der Waals surface area contributed by atoms with Crippen molar-refractivity contribution in [1.29, 1.82) is 0 Å². The average molecular weight is 207 g/mol. The summed E-state index contributed by atoms with van der Waals surface area (Å²) in [6.45, 7) is 3.67. The van der Waals surface area contributed by atoms with E-state index in [1.54, 1.807) is 6.26 Å². The van der Waals surface area contributed by atoms with Crippen molar-refractivity contribution < 1.29 is 9.21 Å². The zero-order valence-electron chi connectivity index (χ0n) is 8.82. The van der Waals surface area contributed by atoms with E-state index in [4.69, 9.17) is 10.2 Å². The van der Waals surface area contributed by atoms with Crippen molar-refractivity contribution >= 4 is 5.91 Å². The van der Waals surface area contributed by atoms with E-state index < -0.39 is 0 Å². The Balaban J connectivity index is 2.53. The number of carbonyl (C=O) groups is 1. The van der Waals surface area contributed by atoms with Crippen molar-refractivity contribution in [2.24, 2.45) is 5.73 Å². The van der Waals surface area contributed by atoms with Crippen LogP contribution in [0.1, 0.15) is 37.4 Å². The summed E-state index contributed by atoms with van der Waals surface area (Å²) in [7, 11) is 0. The second kappa shape index (κ2) is 6.06. The number of nitrogens with two attached hydrogens (primary N) is 1. The Morgan fingerprint density at radius 3 is 3.00 bits per heavy atom. The van der Waals surface area contributed by atoms with Gasteiger partial charge in [0, 0.05) is 12.3 Å². The highest BCUT2D eigenvalue weighted by molar-refractivity contribution is 5.74. The molecule has 1 unspecified atom stereocenters. The topological polar surface area (TPSA) is 56.2 Å². The third-order valence-corrected chi connectivity index (χ3v) is 2.35. The van der Waals surface area contributed by atoms with Crippen LogP contribution < -0.4 is 5.73 Å². The minimum absolute atomic E-state index is 0.109. The van der Waals surface area contributed by atoms with E-state index in [-0.39, 0.29) is 11.8 Å². The maximum atomic E-state index is 10.9. The molecule has 82 valence electrons. The predicted octanol–water partition coefficient (Wildman–Crippen LogP) is 2.59. The highest BCUT2D eigenvalue weighted by Crippen LogP contribution is 2.25. The van der Waals surface area contributed by atoms with Gasteiger partial charge in [0.2, 0.25) is 5.91 Å². The molecule has 1 rings (SSSR count). The molecule has 1 aromatic rings. The maximum absolute atomic E-state index is 10.9. The molecule has 3 heteroatoms. The first-order valence-corrected chi connectivity index (χ1v) is 5.16. The lowest BCUT2D eigenvalue weighted by Gasteiger charge is -2.11. The van der Waals surface area contributed by atoms with Gasteiger partial charge in [0.05, 0.1) is 6.26 Å². The zero-order valence-corrected chi connectivity index (χ0v) is 8.82. The number of amides is 1. The fourth-order valence-corrected chi connectivity index (χ4v) is 1.62. The van der Waals surface area contributed by atoms with E-state index in [0.717, 1.165) is 25.0 Å². The molecular formula is C12H17NO2. The number of carbonyl (C=O) groups excluding carboxylic acids is 1. The van der Waals surface area contributed by atoms with Gasteiger partial charge in [0.25, 0.3) is 0 Å². The lowest BCUT2D eigenvalue weighted by Crippen LogP contribution is -2.15. The van der Waals surface area contributed by atoms with Crippen molar-refractivity contribution in [2.45, 2.75) is 31.6 Å². The Morgan fingerprint density at radius 2 is 2.47 bits per heavy atom. The summed E-state index contributed by atoms with van der Waals surface area (Å²) in [4.78, 5) is 10.9. The summed E-state index contributed by atoms with van der Waals surface area (Å²) in [6.07, 6.45) is 6.71. The molecule has 0 bridgehead atoms. The minimum atomic E-state index is -0.282. The lowest BCUT2D eigenvalue weighted by molar-refractivity contribution is -0.118. The van der Waals surface area contributed by atoms with E-state index >= 15 is 0 Å². The molecule has 0 radical (unpaired) electrons. The van der Waals surface area contributed by atoms with Crippen LogP contribution in [0.4, 0.5) is 0 Å². The van der Waals surface area contributed by atoms with E-state index in [9.17, 15) is 4.79 Å². The molecule has 15 heavy (non-hydrogen) atoms. The second-order valence-corrected chi connectivity index (χ2v) is 3.60. The van der Waals surface area contributed by atoms with Crippen molar-refractivity contribution in [3.05, 3.63) is 36.8 Å². The Bertz CT molecular complexity index is 303. The van der Waals surface area contributed by atoms with E-state index in [1.807, 2.05) is 18.2 Å². The lowest BCUT2D eigenvalue weighted by atomic mass is 9.95. The summed E-state index contributed by atoms with van der Waals surface area (Å²) < 4.78 is 5.29. The monoisotopic (exact) mass is 207 g/mol. The Kier molecular flexibility index (Phi) is 4.68. The van der Waals surface area contributed by atoms with Gasteiger partial charge in [-0.25, -0.2) is 0 Å². The molecule has 0 aliphatic heterocycles. The number of hydrogen-bond acceptors (Lipinski definition) is 2. The summed E-state index contributed by atoms with van der Waals surface area (Å²) in [5.41, 5.74) is 5.20. The molecule has 1 aromatic heterocycles. The highest BCUT2D eigenvalue weighted by atomic mass is 16.3. The van der Waals surface area contributed by atoms with Crippen LogP contribution >= 0.6 is 0 Å². The van der Waals surface area contributed by atoms with Gasteiger partial charge in [0.1, 0.15) is 5.76 Å². The molecule has 1 atom stereocenters. The zero-order chi connectivity index (χ0) is 11.1. The number of unbranched alkanes of at least 4 members (excludes halogenated alkanes) is 1. The van der Waals surface area contributed by atoms with Crippen LogP contribution in [0.15, 0.2) is 35.5 Å². The number of furan rings is 1. The van der Waals surface area contributed by atoms with Gasteiger partial charge < -0.3 is 10.2 Å². The van der Waals surface area contributed by atoms with Gasteiger partial charge in [-0.15, -0.1) is 6.58 Å². The van der Waals surface area contributed by atoms with Gasteiger partial charge in [0.15, 0.2) is 0 Å². The summed E-state index contributed by atoms with van der Waals surface area (Å²) in [5, 5.41) is 0. The summed E-state index contributed by atoms with van der Waals surface area (Å²) >= 11 is 0. The molecule has 0 aromatic carbocycles. The molecule has 0 spiro atoms. The van der Waals surface area contributed by atoms with Crippen molar-refractivity contribution in [3.63, 3.8) is 0 Å². The molecule has 0 saturated heterocycles. The molecular weight excluding hydrogens is 190 g/mol. The van der Waals surface area contributed by atoms with Crippen LogP contribution in [0.25, 0.3) is 0 Å². The normalized spacial score (nSPS) is 12.3. The first-order chi connectivity index (χ1) is 7.24. The average Bonchev–Trinajstić information content (AvgIpc) is 2.68. The molecule has 0 aliphatic rings. The maximum Gasteiger partial charge on any atom is 0.218 e. The number of primary amides is 1. The van der Waals surface area contributed by atoms with Crippen LogP contribution in [0.5, 0.6) is 0 Å². The van der Waals surface area contributed by atoms with Crippen molar-refractivity contribution in [1.82, 2.24) is 0 Å². The number of rotatable bonds is 7. The van der Waals surface area contributed by atoms with E-state index in [0.29, 0.717) is 6.42 Å². The largest absolute Gasteiger partial charge is 0.469 e. The highest BCUT2D eigenvalue weighted by Gasteiger charge is 2.16. The van der Waals surface area contributed by atoms with Crippen molar-refractivity contribution in [3.8, 4) is 0 Å². The quantitative estimate of drug-likeness (QED) is 0.552. The van der Waals surface area contributed by atoms with Gasteiger partial charge in [-0.2, -0.15) is 0 Å². The fourth-order valence-electron chi connectivity index (χ4n) is 1.62. The summed E-state index contributed by atoms with van der Waals surface area (Å²) in [5.74, 6) is 0.672. The van der Waals surface area contributed by atoms with E-state index in [2.05, 4.69) is 6.58 Å². The fraction of sp³-hybridized carbons (Fsp3) is 0.417. The molecule has 0 fully saturated rings. The predicted molar refractivity (Wildman–Crippen MR) is 59.3 cm³/mol.